The average Bonchev–Trinajstić information content (AvgIpc) is 2.56. The van der Waals surface area contributed by atoms with Gasteiger partial charge in [0, 0.05) is 33.2 Å². The van der Waals surface area contributed by atoms with Crippen molar-refractivity contribution in [2.75, 3.05) is 33.2 Å². The van der Waals surface area contributed by atoms with E-state index in [1.54, 1.807) is 19.2 Å². The van der Waals surface area contributed by atoms with Gasteiger partial charge in [-0.1, -0.05) is 19.1 Å². The van der Waals surface area contributed by atoms with Crippen LogP contribution < -0.4 is 10.6 Å². The van der Waals surface area contributed by atoms with Gasteiger partial charge in [0.05, 0.1) is 6.42 Å². The van der Waals surface area contributed by atoms with Crippen molar-refractivity contribution in [3.05, 3.63) is 35.6 Å². The minimum atomic E-state index is -0.318. The largest absolute Gasteiger partial charge is 0.354 e. The lowest BCUT2D eigenvalue weighted by atomic mass is 10.00. The first-order chi connectivity index (χ1) is 11.6. The van der Waals surface area contributed by atoms with Gasteiger partial charge in [0.15, 0.2) is 5.96 Å². The zero-order valence-electron chi connectivity index (χ0n) is 14.5. The summed E-state index contributed by atoms with van der Waals surface area (Å²) in [6.45, 7) is 5.45. The number of rotatable bonds is 5. The van der Waals surface area contributed by atoms with Crippen molar-refractivity contribution < 1.29 is 9.18 Å². The van der Waals surface area contributed by atoms with Crippen LogP contribution in [0.15, 0.2) is 29.3 Å². The zero-order chi connectivity index (χ0) is 17.4. The number of piperidine rings is 1. The molecule has 1 fully saturated rings. The lowest BCUT2D eigenvalue weighted by molar-refractivity contribution is -0.120. The molecule has 1 heterocycles. The highest BCUT2D eigenvalue weighted by Crippen LogP contribution is 2.15. The molecule has 0 aliphatic carbocycles. The fraction of sp³-hybridized carbons (Fsp3) is 0.556. The van der Waals surface area contributed by atoms with Gasteiger partial charge in [0.1, 0.15) is 5.82 Å². The minimum Gasteiger partial charge on any atom is -0.354 e. The molecule has 1 aliphatic heterocycles. The van der Waals surface area contributed by atoms with Crippen molar-refractivity contribution in [3.63, 3.8) is 0 Å². The summed E-state index contributed by atoms with van der Waals surface area (Å²) in [6.07, 6.45) is 2.56. The highest BCUT2D eigenvalue weighted by atomic mass is 19.1. The molecule has 1 aromatic carbocycles. The van der Waals surface area contributed by atoms with E-state index in [2.05, 4.69) is 27.4 Å². The van der Waals surface area contributed by atoms with Gasteiger partial charge in [-0.05, 0) is 36.5 Å². The third-order valence-corrected chi connectivity index (χ3v) is 4.28. The topological polar surface area (TPSA) is 56.7 Å². The summed E-state index contributed by atoms with van der Waals surface area (Å²) < 4.78 is 13.1. The van der Waals surface area contributed by atoms with Crippen LogP contribution in [0, 0.1) is 11.7 Å². The SMILES string of the molecule is CN=C(NCCNC(=O)Cc1cccc(F)c1)N1CCC(C)CC1. The second-order valence-electron chi connectivity index (χ2n) is 6.30. The second-order valence-corrected chi connectivity index (χ2v) is 6.30. The Morgan fingerprint density at radius 2 is 2.00 bits per heavy atom. The molecular formula is C18H27FN4O. The molecule has 0 unspecified atom stereocenters. The Hall–Kier alpha value is -2.11. The molecule has 2 N–H and O–H groups in total. The molecule has 6 heteroatoms. The molecule has 132 valence electrons. The Bertz CT molecular complexity index is 568. The highest BCUT2D eigenvalue weighted by molar-refractivity contribution is 5.80. The zero-order valence-corrected chi connectivity index (χ0v) is 14.5. The normalized spacial score (nSPS) is 16.1. The van der Waals surface area contributed by atoms with Crippen LogP contribution in [0.4, 0.5) is 4.39 Å². The van der Waals surface area contributed by atoms with Crippen LogP contribution in [0.2, 0.25) is 0 Å². The number of aliphatic imine (C=N–C) groups is 1. The van der Waals surface area contributed by atoms with Crippen LogP contribution in [0.25, 0.3) is 0 Å². The Morgan fingerprint density at radius 1 is 1.29 bits per heavy atom. The molecule has 1 amide bonds. The van der Waals surface area contributed by atoms with E-state index in [1.165, 1.54) is 25.0 Å². The first-order valence-corrected chi connectivity index (χ1v) is 8.55. The number of benzene rings is 1. The maximum Gasteiger partial charge on any atom is 0.224 e. The Kier molecular flexibility index (Phi) is 7.03. The molecule has 1 saturated heterocycles. The van der Waals surface area contributed by atoms with Crippen LogP contribution in [0.1, 0.15) is 25.3 Å². The summed E-state index contributed by atoms with van der Waals surface area (Å²) in [5.74, 6) is 1.24. The van der Waals surface area contributed by atoms with Gasteiger partial charge in [-0.15, -0.1) is 0 Å². The number of carbonyl (C=O) groups excluding carboxylic acids is 1. The Morgan fingerprint density at radius 3 is 2.67 bits per heavy atom. The molecule has 0 saturated carbocycles. The van der Waals surface area contributed by atoms with E-state index < -0.39 is 0 Å². The molecule has 2 rings (SSSR count). The molecule has 24 heavy (non-hydrogen) atoms. The van der Waals surface area contributed by atoms with Crippen molar-refractivity contribution in [1.29, 1.82) is 0 Å². The summed E-state index contributed by atoms with van der Waals surface area (Å²) in [7, 11) is 1.78. The summed E-state index contributed by atoms with van der Waals surface area (Å²) in [5, 5.41) is 6.13. The molecule has 1 aromatic rings. The summed E-state index contributed by atoms with van der Waals surface area (Å²) in [5.41, 5.74) is 0.679. The van der Waals surface area contributed by atoms with Crippen molar-refractivity contribution in [2.45, 2.75) is 26.2 Å². The molecule has 0 atom stereocenters. The standard InChI is InChI=1S/C18H27FN4O/c1-14-6-10-23(11-7-14)18(20-2)22-9-8-21-17(24)13-15-4-3-5-16(19)12-15/h3-5,12,14H,6-11,13H2,1-2H3,(H,20,22)(H,21,24). The van der Waals surface area contributed by atoms with Crippen LogP contribution in [0.5, 0.6) is 0 Å². The van der Waals surface area contributed by atoms with Gasteiger partial charge in [0.2, 0.25) is 5.91 Å². The van der Waals surface area contributed by atoms with Gasteiger partial charge in [-0.25, -0.2) is 4.39 Å². The van der Waals surface area contributed by atoms with E-state index in [1.807, 2.05) is 0 Å². The number of carbonyl (C=O) groups is 1. The Labute approximate surface area is 143 Å². The number of guanidine groups is 1. The van der Waals surface area contributed by atoms with Crippen molar-refractivity contribution in [3.8, 4) is 0 Å². The van der Waals surface area contributed by atoms with E-state index in [4.69, 9.17) is 0 Å². The van der Waals surface area contributed by atoms with E-state index in [0.717, 1.165) is 25.0 Å². The van der Waals surface area contributed by atoms with Gasteiger partial charge in [0.25, 0.3) is 0 Å². The quantitative estimate of drug-likeness (QED) is 0.490. The maximum absolute atomic E-state index is 13.1. The first kappa shape index (κ1) is 18.2. The van der Waals surface area contributed by atoms with Gasteiger partial charge >= 0.3 is 0 Å². The molecule has 0 bridgehead atoms. The summed E-state index contributed by atoms with van der Waals surface area (Å²) >= 11 is 0. The minimum absolute atomic E-state index is 0.107. The molecule has 5 nitrogen and oxygen atoms in total. The van der Waals surface area contributed by atoms with E-state index in [0.29, 0.717) is 18.7 Å². The number of amides is 1. The number of nitrogens with one attached hydrogen (secondary N) is 2. The van der Waals surface area contributed by atoms with Gasteiger partial charge < -0.3 is 15.5 Å². The molecule has 0 spiro atoms. The number of hydrogen-bond donors (Lipinski definition) is 2. The van der Waals surface area contributed by atoms with Crippen molar-refractivity contribution in [1.82, 2.24) is 15.5 Å². The third-order valence-electron chi connectivity index (χ3n) is 4.28. The van der Waals surface area contributed by atoms with Gasteiger partial charge in [-0.2, -0.15) is 0 Å². The molecule has 1 aliphatic rings. The van der Waals surface area contributed by atoms with Gasteiger partial charge in [-0.3, -0.25) is 9.79 Å². The third kappa shape index (κ3) is 5.83. The fourth-order valence-electron chi connectivity index (χ4n) is 2.82. The van der Waals surface area contributed by atoms with Crippen LogP contribution in [-0.2, 0) is 11.2 Å². The van der Waals surface area contributed by atoms with Crippen LogP contribution in [-0.4, -0.2) is 50.0 Å². The number of halogens is 1. The second kappa shape index (κ2) is 9.25. The summed E-state index contributed by atoms with van der Waals surface area (Å²) in [6, 6.07) is 6.12. The van der Waals surface area contributed by atoms with Crippen LogP contribution in [0.3, 0.4) is 0 Å². The molecule has 0 aromatic heterocycles. The van der Waals surface area contributed by atoms with Crippen LogP contribution >= 0.6 is 0 Å². The lowest BCUT2D eigenvalue weighted by Crippen LogP contribution is -2.47. The predicted octanol–water partition coefficient (Wildman–Crippen LogP) is 1.79. The summed E-state index contributed by atoms with van der Waals surface area (Å²) in [4.78, 5) is 18.4. The average molecular weight is 334 g/mol. The lowest BCUT2D eigenvalue weighted by Gasteiger charge is -2.32. The molecule has 0 radical (unpaired) electrons. The first-order valence-electron chi connectivity index (χ1n) is 8.55. The highest BCUT2D eigenvalue weighted by Gasteiger charge is 2.18. The maximum atomic E-state index is 13.1. The smallest absolute Gasteiger partial charge is 0.224 e. The Balaban J connectivity index is 1.67. The number of nitrogens with zero attached hydrogens (tertiary/aromatic N) is 2. The number of likely N-dealkylation sites (tertiary alicyclic amines) is 1. The fourth-order valence-corrected chi connectivity index (χ4v) is 2.82. The van der Waals surface area contributed by atoms with E-state index in [9.17, 15) is 9.18 Å². The van der Waals surface area contributed by atoms with E-state index in [-0.39, 0.29) is 18.1 Å². The molecular weight excluding hydrogens is 307 g/mol. The van der Waals surface area contributed by atoms with Crippen molar-refractivity contribution in [2.24, 2.45) is 10.9 Å². The van der Waals surface area contributed by atoms with E-state index >= 15 is 0 Å². The van der Waals surface area contributed by atoms with Crippen molar-refractivity contribution >= 4 is 11.9 Å². The number of hydrogen-bond acceptors (Lipinski definition) is 2. The predicted molar refractivity (Wildman–Crippen MR) is 94.4 cm³/mol. The monoisotopic (exact) mass is 334 g/mol.